The topological polar surface area (TPSA) is 41.6 Å². The van der Waals surface area contributed by atoms with E-state index in [2.05, 4.69) is 5.10 Å². The van der Waals surface area contributed by atoms with Gasteiger partial charge in [-0.3, -0.25) is 5.01 Å². The van der Waals surface area contributed by atoms with E-state index in [4.69, 9.17) is 17.3 Å². The summed E-state index contributed by atoms with van der Waals surface area (Å²) in [6, 6.07) is 7.99. The van der Waals surface area contributed by atoms with Gasteiger partial charge in [-0.2, -0.15) is 5.10 Å². The second-order valence-corrected chi connectivity index (χ2v) is 5.93. The van der Waals surface area contributed by atoms with E-state index in [-0.39, 0.29) is 6.04 Å². The van der Waals surface area contributed by atoms with Gasteiger partial charge >= 0.3 is 0 Å². The van der Waals surface area contributed by atoms with Crippen LogP contribution >= 0.6 is 23.4 Å². The number of nitrogens with two attached hydrogens (primary N) is 1. The van der Waals surface area contributed by atoms with E-state index in [1.54, 1.807) is 11.8 Å². The van der Waals surface area contributed by atoms with Gasteiger partial charge < -0.3 is 5.73 Å². The molecule has 1 saturated carbocycles. The largest absolute Gasteiger partial charge is 0.324 e. The molecule has 1 heterocycles. The molecule has 94 valence electrons. The Bertz CT molecular complexity index is 536. The molecule has 2 aliphatic rings. The van der Waals surface area contributed by atoms with Gasteiger partial charge in [0.2, 0.25) is 0 Å². The standard InChI is InChI=1S/C13H14ClN3S/c1-17-13(10-6-7-11(10)15)18-12(16-17)8-2-4-9(14)5-3-8/h2-5,11H,6-7,15H2,1H3. The van der Waals surface area contributed by atoms with Crippen molar-refractivity contribution in [1.29, 1.82) is 0 Å². The van der Waals surface area contributed by atoms with Crippen LogP contribution in [-0.4, -0.2) is 23.1 Å². The van der Waals surface area contributed by atoms with Gasteiger partial charge in [0.25, 0.3) is 0 Å². The number of halogens is 1. The van der Waals surface area contributed by atoms with Crippen LogP contribution in [0.25, 0.3) is 0 Å². The van der Waals surface area contributed by atoms with E-state index < -0.39 is 0 Å². The molecule has 0 spiro atoms. The summed E-state index contributed by atoms with van der Waals surface area (Å²) in [4.78, 5) is 0. The van der Waals surface area contributed by atoms with Gasteiger partial charge in [-0.15, -0.1) is 0 Å². The molecule has 1 atom stereocenters. The number of hydrogen-bond donors (Lipinski definition) is 1. The molecule has 1 aliphatic heterocycles. The molecule has 18 heavy (non-hydrogen) atoms. The van der Waals surface area contributed by atoms with E-state index in [1.165, 1.54) is 10.6 Å². The van der Waals surface area contributed by atoms with Gasteiger partial charge in [0, 0.05) is 23.7 Å². The Morgan fingerprint density at radius 1 is 1.39 bits per heavy atom. The monoisotopic (exact) mass is 279 g/mol. The van der Waals surface area contributed by atoms with Crippen LogP contribution in [0.5, 0.6) is 0 Å². The van der Waals surface area contributed by atoms with Gasteiger partial charge in [-0.25, -0.2) is 0 Å². The maximum atomic E-state index is 6.00. The molecule has 5 heteroatoms. The van der Waals surface area contributed by atoms with Crippen molar-refractivity contribution in [3.8, 4) is 0 Å². The van der Waals surface area contributed by atoms with Crippen molar-refractivity contribution < 1.29 is 0 Å². The molecular formula is C13H14ClN3S. The Morgan fingerprint density at radius 2 is 2.11 bits per heavy atom. The van der Waals surface area contributed by atoms with E-state index in [9.17, 15) is 0 Å². The minimum Gasteiger partial charge on any atom is -0.324 e. The number of hydrazone groups is 1. The van der Waals surface area contributed by atoms with Crippen molar-refractivity contribution in [2.45, 2.75) is 18.9 Å². The van der Waals surface area contributed by atoms with Crippen molar-refractivity contribution >= 4 is 28.4 Å². The number of thioether (sulfide) groups is 1. The maximum absolute atomic E-state index is 6.00. The molecule has 1 fully saturated rings. The zero-order valence-electron chi connectivity index (χ0n) is 10.1. The molecule has 1 aromatic rings. The Balaban J connectivity index is 1.87. The summed E-state index contributed by atoms with van der Waals surface area (Å²) in [5, 5.41) is 9.45. The Labute approximate surface area is 116 Å². The minimum absolute atomic E-state index is 0.217. The predicted octanol–water partition coefficient (Wildman–Crippen LogP) is 3.01. The lowest BCUT2D eigenvalue weighted by atomic mass is 9.87. The summed E-state index contributed by atoms with van der Waals surface area (Å²) in [5.74, 6) is 0. The summed E-state index contributed by atoms with van der Waals surface area (Å²) in [6.07, 6.45) is 2.18. The van der Waals surface area contributed by atoms with Crippen molar-refractivity contribution in [2.75, 3.05) is 7.05 Å². The van der Waals surface area contributed by atoms with Gasteiger partial charge in [-0.1, -0.05) is 23.7 Å². The Morgan fingerprint density at radius 3 is 2.67 bits per heavy atom. The average molecular weight is 280 g/mol. The maximum Gasteiger partial charge on any atom is 0.130 e. The van der Waals surface area contributed by atoms with Gasteiger partial charge in [-0.05, 0) is 42.3 Å². The molecule has 2 N–H and O–H groups in total. The highest BCUT2D eigenvalue weighted by molar-refractivity contribution is 8.17. The first-order valence-corrected chi connectivity index (χ1v) is 7.09. The Kier molecular flexibility index (Phi) is 3.09. The molecular weight excluding hydrogens is 266 g/mol. The lowest BCUT2D eigenvalue weighted by molar-refractivity contribution is 0.450. The number of rotatable bonds is 1. The van der Waals surface area contributed by atoms with E-state index in [1.807, 2.05) is 36.3 Å². The van der Waals surface area contributed by atoms with Crippen LogP contribution in [0.3, 0.4) is 0 Å². The number of hydrogen-bond acceptors (Lipinski definition) is 4. The third-order valence-corrected chi connectivity index (χ3v) is 4.75. The van der Waals surface area contributed by atoms with Gasteiger partial charge in [0.15, 0.2) is 0 Å². The highest BCUT2D eigenvalue weighted by Crippen LogP contribution is 2.40. The first kappa shape index (κ1) is 12.1. The summed E-state index contributed by atoms with van der Waals surface area (Å²) in [5.41, 5.74) is 8.43. The lowest BCUT2D eigenvalue weighted by Crippen LogP contribution is -2.33. The third-order valence-electron chi connectivity index (χ3n) is 3.27. The molecule has 1 aliphatic carbocycles. The quantitative estimate of drug-likeness (QED) is 0.859. The Hall–Kier alpha value is -0.970. The van der Waals surface area contributed by atoms with Crippen LogP contribution in [-0.2, 0) is 0 Å². The summed E-state index contributed by atoms with van der Waals surface area (Å²) in [6.45, 7) is 0. The van der Waals surface area contributed by atoms with Gasteiger partial charge in [0.1, 0.15) is 5.04 Å². The first-order chi connectivity index (χ1) is 8.65. The van der Waals surface area contributed by atoms with E-state index in [0.29, 0.717) is 0 Å². The number of benzene rings is 1. The molecule has 0 saturated heterocycles. The van der Waals surface area contributed by atoms with Crippen LogP contribution in [0.4, 0.5) is 0 Å². The van der Waals surface area contributed by atoms with Crippen LogP contribution in [0.2, 0.25) is 5.02 Å². The minimum atomic E-state index is 0.217. The summed E-state index contributed by atoms with van der Waals surface area (Å²) >= 11 is 7.59. The molecule has 1 aromatic carbocycles. The van der Waals surface area contributed by atoms with Gasteiger partial charge in [0.05, 0.1) is 5.03 Å². The zero-order valence-corrected chi connectivity index (χ0v) is 11.6. The second kappa shape index (κ2) is 4.61. The molecule has 0 bridgehead atoms. The summed E-state index contributed by atoms with van der Waals surface area (Å²) in [7, 11) is 1.98. The third kappa shape index (κ3) is 2.05. The van der Waals surface area contributed by atoms with Crippen LogP contribution in [0.15, 0.2) is 40.0 Å². The molecule has 3 nitrogen and oxygen atoms in total. The lowest BCUT2D eigenvalue weighted by Gasteiger charge is -2.29. The van der Waals surface area contributed by atoms with Crippen molar-refractivity contribution in [3.63, 3.8) is 0 Å². The highest BCUT2D eigenvalue weighted by atomic mass is 35.5. The second-order valence-electron chi connectivity index (χ2n) is 4.51. The fourth-order valence-corrected chi connectivity index (χ4v) is 3.35. The molecule has 3 rings (SSSR count). The van der Waals surface area contributed by atoms with Crippen molar-refractivity contribution in [1.82, 2.24) is 5.01 Å². The van der Waals surface area contributed by atoms with Crippen LogP contribution < -0.4 is 5.73 Å². The first-order valence-electron chi connectivity index (χ1n) is 5.90. The van der Waals surface area contributed by atoms with Crippen molar-refractivity contribution in [3.05, 3.63) is 45.5 Å². The fraction of sp³-hybridized carbons (Fsp3) is 0.308. The SMILES string of the molecule is CN1N=C(c2ccc(Cl)cc2)SC1=C1CCC1N. The average Bonchev–Trinajstić information content (AvgIpc) is 2.70. The highest BCUT2D eigenvalue weighted by Gasteiger charge is 2.30. The number of nitrogens with zero attached hydrogens (tertiary/aromatic N) is 2. The van der Waals surface area contributed by atoms with Crippen LogP contribution in [0.1, 0.15) is 18.4 Å². The van der Waals surface area contributed by atoms with E-state index >= 15 is 0 Å². The van der Waals surface area contributed by atoms with E-state index in [0.717, 1.165) is 28.5 Å². The van der Waals surface area contributed by atoms with Crippen molar-refractivity contribution in [2.24, 2.45) is 10.8 Å². The predicted molar refractivity (Wildman–Crippen MR) is 77.6 cm³/mol. The smallest absolute Gasteiger partial charge is 0.130 e. The molecule has 0 amide bonds. The molecule has 1 unspecified atom stereocenters. The normalized spacial score (nSPS) is 27.2. The zero-order chi connectivity index (χ0) is 12.7. The molecule has 0 radical (unpaired) electrons. The summed E-state index contributed by atoms with van der Waals surface area (Å²) < 4.78 is 0. The van der Waals surface area contributed by atoms with Crippen LogP contribution in [0, 0.1) is 0 Å². The molecule has 0 aromatic heterocycles. The fourth-order valence-electron chi connectivity index (χ4n) is 2.06.